The summed E-state index contributed by atoms with van der Waals surface area (Å²) in [6.45, 7) is 2.10. The molecule has 90 valence electrons. The highest BCUT2D eigenvalue weighted by atomic mass is 32.2. The van der Waals surface area contributed by atoms with Crippen molar-refractivity contribution in [1.29, 1.82) is 0 Å². The second-order valence-electron chi connectivity index (χ2n) is 3.69. The zero-order chi connectivity index (χ0) is 12.1. The van der Waals surface area contributed by atoms with Crippen molar-refractivity contribution in [1.82, 2.24) is 14.3 Å². The molecule has 0 radical (unpaired) electrons. The van der Waals surface area contributed by atoms with Crippen LogP contribution in [0, 0.1) is 0 Å². The summed E-state index contributed by atoms with van der Waals surface area (Å²) in [4.78, 5) is 8.49. The first-order chi connectivity index (χ1) is 8.28. The molecule has 17 heavy (non-hydrogen) atoms. The number of nitrogens with two attached hydrogens (primary N) is 1. The van der Waals surface area contributed by atoms with Crippen LogP contribution in [0.5, 0.6) is 0 Å². The van der Waals surface area contributed by atoms with E-state index in [9.17, 15) is 0 Å². The van der Waals surface area contributed by atoms with Gasteiger partial charge in [-0.3, -0.25) is 0 Å². The SMILES string of the molecule is CCC(N)Cc1ccc(Sc2ncns2)nc1. The Kier molecular flexibility index (Phi) is 4.47. The summed E-state index contributed by atoms with van der Waals surface area (Å²) >= 11 is 2.91. The van der Waals surface area contributed by atoms with Gasteiger partial charge in [0.25, 0.3) is 0 Å². The zero-order valence-corrected chi connectivity index (χ0v) is 11.2. The number of rotatable bonds is 5. The van der Waals surface area contributed by atoms with E-state index in [1.165, 1.54) is 28.9 Å². The van der Waals surface area contributed by atoms with Gasteiger partial charge < -0.3 is 5.73 Å². The molecule has 2 rings (SSSR count). The number of pyridine rings is 1. The first-order valence-corrected chi connectivity index (χ1v) is 7.02. The molecule has 0 aliphatic heterocycles. The molecule has 0 aliphatic rings. The molecule has 0 amide bonds. The van der Waals surface area contributed by atoms with Crippen molar-refractivity contribution < 1.29 is 0 Å². The van der Waals surface area contributed by atoms with E-state index in [-0.39, 0.29) is 6.04 Å². The minimum absolute atomic E-state index is 0.221. The maximum absolute atomic E-state index is 5.90. The molecule has 2 aromatic rings. The average Bonchev–Trinajstić information content (AvgIpc) is 2.84. The van der Waals surface area contributed by atoms with Crippen LogP contribution in [0.25, 0.3) is 0 Å². The van der Waals surface area contributed by atoms with Gasteiger partial charge in [0.05, 0.1) is 0 Å². The lowest BCUT2D eigenvalue weighted by atomic mass is 10.1. The normalized spacial score (nSPS) is 12.6. The fourth-order valence-corrected chi connectivity index (χ4v) is 2.67. The first-order valence-electron chi connectivity index (χ1n) is 5.43. The smallest absolute Gasteiger partial charge is 0.175 e. The molecule has 0 spiro atoms. The monoisotopic (exact) mass is 266 g/mol. The van der Waals surface area contributed by atoms with Crippen LogP contribution in [0.15, 0.2) is 34.0 Å². The molecule has 0 bridgehead atoms. The van der Waals surface area contributed by atoms with Gasteiger partial charge in [-0.2, -0.15) is 4.37 Å². The van der Waals surface area contributed by atoms with Crippen LogP contribution >= 0.6 is 23.3 Å². The molecule has 0 saturated carbocycles. The van der Waals surface area contributed by atoms with Gasteiger partial charge in [0.1, 0.15) is 11.4 Å². The van der Waals surface area contributed by atoms with Gasteiger partial charge in [0, 0.05) is 12.2 Å². The molecule has 2 heterocycles. The summed E-state index contributed by atoms with van der Waals surface area (Å²) < 4.78 is 4.86. The van der Waals surface area contributed by atoms with Crippen molar-refractivity contribution in [2.24, 2.45) is 5.73 Å². The fourth-order valence-electron chi connectivity index (χ4n) is 1.34. The number of hydrogen-bond donors (Lipinski definition) is 1. The van der Waals surface area contributed by atoms with Crippen LogP contribution in [-0.2, 0) is 6.42 Å². The predicted molar refractivity (Wildman–Crippen MR) is 70.2 cm³/mol. The van der Waals surface area contributed by atoms with Gasteiger partial charge in [0.15, 0.2) is 4.34 Å². The topological polar surface area (TPSA) is 64.7 Å². The Morgan fingerprint density at radius 1 is 1.41 bits per heavy atom. The van der Waals surface area contributed by atoms with Crippen LogP contribution < -0.4 is 5.73 Å². The Morgan fingerprint density at radius 2 is 2.29 bits per heavy atom. The summed E-state index contributed by atoms with van der Waals surface area (Å²) in [5.74, 6) is 0. The quantitative estimate of drug-likeness (QED) is 0.900. The van der Waals surface area contributed by atoms with E-state index < -0.39 is 0 Å². The highest BCUT2D eigenvalue weighted by molar-refractivity contribution is 8.00. The van der Waals surface area contributed by atoms with Gasteiger partial charge in [-0.1, -0.05) is 13.0 Å². The van der Waals surface area contributed by atoms with E-state index in [0.29, 0.717) is 0 Å². The second kappa shape index (κ2) is 6.09. The molecular weight excluding hydrogens is 252 g/mol. The molecule has 0 saturated heterocycles. The third-order valence-electron chi connectivity index (χ3n) is 2.35. The maximum Gasteiger partial charge on any atom is 0.175 e. The van der Waals surface area contributed by atoms with Gasteiger partial charge in [-0.25, -0.2) is 9.97 Å². The molecular formula is C11H14N4S2. The van der Waals surface area contributed by atoms with E-state index in [1.807, 2.05) is 12.3 Å². The lowest BCUT2D eigenvalue weighted by Gasteiger charge is -2.08. The van der Waals surface area contributed by atoms with Gasteiger partial charge >= 0.3 is 0 Å². The molecule has 6 heteroatoms. The third-order valence-corrected chi connectivity index (χ3v) is 4.02. The first kappa shape index (κ1) is 12.5. The summed E-state index contributed by atoms with van der Waals surface area (Å²) in [5, 5.41) is 0.940. The van der Waals surface area contributed by atoms with E-state index in [2.05, 4.69) is 27.3 Å². The van der Waals surface area contributed by atoms with Crippen molar-refractivity contribution in [2.45, 2.75) is 35.2 Å². The van der Waals surface area contributed by atoms with Crippen LogP contribution in [0.4, 0.5) is 0 Å². The Hall–Kier alpha value is -0.980. The number of hydrogen-bond acceptors (Lipinski definition) is 6. The summed E-state index contributed by atoms with van der Waals surface area (Å²) in [7, 11) is 0. The minimum Gasteiger partial charge on any atom is -0.327 e. The van der Waals surface area contributed by atoms with Gasteiger partial charge in [-0.15, -0.1) is 0 Å². The largest absolute Gasteiger partial charge is 0.327 e. The molecule has 0 fully saturated rings. The molecule has 2 aromatic heterocycles. The summed E-state index contributed by atoms with van der Waals surface area (Å²) in [6, 6.07) is 4.30. The molecule has 0 aliphatic carbocycles. The average molecular weight is 266 g/mol. The minimum atomic E-state index is 0.221. The van der Waals surface area contributed by atoms with Crippen LogP contribution in [-0.4, -0.2) is 20.4 Å². The van der Waals surface area contributed by atoms with Crippen molar-refractivity contribution in [3.8, 4) is 0 Å². The fraction of sp³-hybridized carbons (Fsp3) is 0.364. The van der Waals surface area contributed by atoms with Crippen molar-refractivity contribution in [3.63, 3.8) is 0 Å². The van der Waals surface area contributed by atoms with Gasteiger partial charge in [-0.05, 0) is 47.8 Å². The highest BCUT2D eigenvalue weighted by Crippen LogP contribution is 2.26. The van der Waals surface area contributed by atoms with E-state index in [1.54, 1.807) is 6.33 Å². The van der Waals surface area contributed by atoms with Gasteiger partial charge in [0.2, 0.25) is 0 Å². The lowest BCUT2D eigenvalue weighted by Crippen LogP contribution is -2.21. The Morgan fingerprint density at radius 3 is 2.88 bits per heavy atom. The summed E-state index contributed by atoms with van der Waals surface area (Å²) in [6.07, 6.45) is 5.31. The standard InChI is InChI=1S/C11H14N4S2/c1-2-9(12)5-8-3-4-10(13-6-8)16-11-14-7-15-17-11/h3-4,6-7,9H,2,5,12H2,1H3. The Balaban J connectivity index is 1.98. The Bertz CT molecular complexity index is 441. The third kappa shape index (κ3) is 3.76. The lowest BCUT2D eigenvalue weighted by molar-refractivity contribution is 0.644. The second-order valence-corrected chi connectivity index (χ2v) is 5.73. The molecule has 1 unspecified atom stereocenters. The summed E-state index contributed by atoms with van der Waals surface area (Å²) in [5.41, 5.74) is 7.08. The number of aromatic nitrogens is 3. The molecule has 2 N–H and O–H groups in total. The van der Waals surface area contributed by atoms with E-state index >= 15 is 0 Å². The van der Waals surface area contributed by atoms with Crippen molar-refractivity contribution in [2.75, 3.05) is 0 Å². The van der Waals surface area contributed by atoms with Crippen LogP contribution in [0.1, 0.15) is 18.9 Å². The van der Waals surface area contributed by atoms with Crippen LogP contribution in [0.2, 0.25) is 0 Å². The molecule has 0 aromatic carbocycles. The molecule has 4 nitrogen and oxygen atoms in total. The van der Waals surface area contributed by atoms with Crippen LogP contribution in [0.3, 0.4) is 0 Å². The van der Waals surface area contributed by atoms with Crippen molar-refractivity contribution in [3.05, 3.63) is 30.2 Å². The van der Waals surface area contributed by atoms with E-state index in [0.717, 1.165) is 22.2 Å². The van der Waals surface area contributed by atoms with Crippen molar-refractivity contribution >= 4 is 23.3 Å². The number of nitrogens with zero attached hydrogens (tertiary/aromatic N) is 3. The zero-order valence-electron chi connectivity index (χ0n) is 9.54. The predicted octanol–water partition coefficient (Wildman–Crippen LogP) is 2.36. The Labute approximate surface area is 109 Å². The maximum atomic E-state index is 5.90. The molecule has 1 atom stereocenters. The van der Waals surface area contributed by atoms with E-state index in [4.69, 9.17) is 5.73 Å². The highest BCUT2D eigenvalue weighted by Gasteiger charge is 2.04.